The first kappa shape index (κ1) is 15.2. The summed E-state index contributed by atoms with van der Waals surface area (Å²) in [5.74, 6) is 0.695. The van der Waals surface area contributed by atoms with Gasteiger partial charge >= 0.3 is 0 Å². The second kappa shape index (κ2) is 5.85. The summed E-state index contributed by atoms with van der Waals surface area (Å²) in [4.78, 5) is 4.14. The van der Waals surface area contributed by atoms with Crippen LogP contribution in [0.15, 0.2) is 36.7 Å². The molecule has 0 unspecified atom stereocenters. The molecule has 0 N–H and O–H groups in total. The number of aryl methyl sites for hydroxylation is 3. The molecule has 2 heterocycles. The van der Waals surface area contributed by atoms with Crippen LogP contribution in [0, 0.1) is 20.8 Å². The number of hydrogen-bond acceptors (Lipinski definition) is 1. The van der Waals surface area contributed by atoms with E-state index in [0.717, 1.165) is 4.48 Å². The van der Waals surface area contributed by atoms with Crippen LogP contribution in [-0.4, -0.2) is 25.1 Å². The molecule has 2 aromatic rings. The summed E-state index contributed by atoms with van der Waals surface area (Å²) in [6, 6.07) is 9.03. The quantitative estimate of drug-likeness (QED) is 0.742. The summed E-state index contributed by atoms with van der Waals surface area (Å²) in [6.07, 6.45) is 6.36. The maximum atomic E-state index is 4.14. The zero-order valence-corrected chi connectivity index (χ0v) is 14.3. The molecular weight excluding hydrogens is 268 g/mol. The van der Waals surface area contributed by atoms with E-state index in [0.29, 0.717) is 5.92 Å². The number of hydrogen-bond donors (Lipinski definition) is 0. The molecule has 0 aliphatic carbocycles. The highest BCUT2D eigenvalue weighted by Gasteiger charge is 2.34. The number of pyridine rings is 1. The van der Waals surface area contributed by atoms with Gasteiger partial charge in [0.1, 0.15) is 5.69 Å². The highest BCUT2D eigenvalue weighted by Crippen LogP contribution is 2.37. The molecule has 0 amide bonds. The Morgan fingerprint density at radius 1 is 0.955 bits per heavy atom. The number of aromatic nitrogens is 1. The molecule has 0 bridgehead atoms. The van der Waals surface area contributed by atoms with Gasteiger partial charge in [-0.3, -0.25) is 9.47 Å². The van der Waals surface area contributed by atoms with E-state index in [4.69, 9.17) is 0 Å². The Hall–Kier alpha value is -1.67. The summed E-state index contributed by atoms with van der Waals surface area (Å²) in [6.45, 7) is 9.18. The lowest BCUT2D eigenvalue weighted by Crippen LogP contribution is -2.51. The standard InChI is InChI=1S/C20H27N2/c1-15-13-16(2)20(17(3)14-15)22(4)11-7-19(8-12-22)18-5-9-21-10-6-18/h5-6,9-10,13-14,19H,7-8,11-12H2,1-4H3/q+1. The Kier molecular flexibility index (Phi) is 4.05. The van der Waals surface area contributed by atoms with E-state index in [-0.39, 0.29) is 0 Å². The van der Waals surface area contributed by atoms with Gasteiger partial charge in [0.15, 0.2) is 0 Å². The summed E-state index contributed by atoms with van der Waals surface area (Å²) < 4.78 is 1.08. The van der Waals surface area contributed by atoms with Crippen molar-refractivity contribution < 1.29 is 0 Å². The van der Waals surface area contributed by atoms with Gasteiger partial charge in [-0.05, 0) is 44.4 Å². The number of rotatable bonds is 2. The number of benzene rings is 1. The van der Waals surface area contributed by atoms with Crippen molar-refractivity contribution in [3.8, 4) is 0 Å². The molecule has 1 aliphatic rings. The van der Waals surface area contributed by atoms with Crippen LogP contribution >= 0.6 is 0 Å². The third kappa shape index (κ3) is 2.80. The van der Waals surface area contributed by atoms with Gasteiger partial charge in [-0.25, -0.2) is 0 Å². The predicted octanol–water partition coefficient (Wildman–Crippen LogP) is 4.52. The molecule has 2 heteroatoms. The van der Waals surface area contributed by atoms with E-state index < -0.39 is 0 Å². The molecule has 0 spiro atoms. The molecule has 1 aromatic heterocycles. The second-order valence-electron chi connectivity index (χ2n) is 7.15. The molecule has 116 valence electrons. The molecule has 0 saturated carbocycles. The van der Waals surface area contributed by atoms with Gasteiger partial charge in [-0.1, -0.05) is 17.7 Å². The third-order valence-corrected chi connectivity index (χ3v) is 5.29. The average molecular weight is 295 g/mol. The van der Waals surface area contributed by atoms with E-state index in [2.05, 4.69) is 57.1 Å². The molecule has 0 atom stereocenters. The monoisotopic (exact) mass is 295 g/mol. The van der Waals surface area contributed by atoms with Crippen molar-refractivity contribution in [1.82, 2.24) is 9.47 Å². The molecule has 1 saturated heterocycles. The summed E-state index contributed by atoms with van der Waals surface area (Å²) in [7, 11) is 2.41. The largest absolute Gasteiger partial charge is 0.293 e. The molecular formula is C20H27N2+. The fourth-order valence-electron chi connectivity index (χ4n) is 4.35. The first-order valence-corrected chi connectivity index (χ1v) is 8.32. The highest BCUT2D eigenvalue weighted by atomic mass is 15.3. The van der Waals surface area contributed by atoms with Crippen molar-refractivity contribution in [2.45, 2.75) is 39.5 Å². The van der Waals surface area contributed by atoms with Gasteiger partial charge in [0, 0.05) is 36.4 Å². The third-order valence-electron chi connectivity index (χ3n) is 5.29. The van der Waals surface area contributed by atoms with Gasteiger partial charge in [0.2, 0.25) is 0 Å². The van der Waals surface area contributed by atoms with Crippen molar-refractivity contribution in [3.63, 3.8) is 0 Å². The number of piperidine rings is 1. The van der Waals surface area contributed by atoms with Crippen molar-refractivity contribution in [1.29, 1.82) is 0 Å². The fourth-order valence-corrected chi connectivity index (χ4v) is 4.35. The SMILES string of the molecule is Cc1cc(C)c([N+]2(C)CCC(c3ccncc3)CC2)c(C)c1. The minimum absolute atomic E-state index is 0.695. The normalized spacial score (nSPS) is 25.2. The molecule has 0 radical (unpaired) electrons. The van der Waals surface area contributed by atoms with Gasteiger partial charge in [0.25, 0.3) is 0 Å². The van der Waals surface area contributed by atoms with Crippen LogP contribution in [0.25, 0.3) is 0 Å². The van der Waals surface area contributed by atoms with E-state index in [1.165, 1.54) is 48.2 Å². The lowest BCUT2D eigenvalue weighted by Gasteiger charge is -2.42. The Morgan fingerprint density at radius 2 is 1.50 bits per heavy atom. The number of likely N-dealkylation sites (tertiary alicyclic amines) is 1. The van der Waals surface area contributed by atoms with Crippen LogP contribution < -0.4 is 4.48 Å². The van der Waals surface area contributed by atoms with Crippen molar-refractivity contribution >= 4 is 5.69 Å². The van der Waals surface area contributed by atoms with Crippen LogP contribution in [0.3, 0.4) is 0 Å². The lowest BCUT2D eigenvalue weighted by molar-refractivity contribution is 0.252. The summed E-state index contributed by atoms with van der Waals surface area (Å²) in [5.41, 5.74) is 7.26. The van der Waals surface area contributed by atoms with Crippen molar-refractivity contribution in [2.24, 2.45) is 0 Å². The summed E-state index contributed by atoms with van der Waals surface area (Å²) >= 11 is 0. The average Bonchev–Trinajstić information content (AvgIpc) is 2.47. The first-order chi connectivity index (χ1) is 10.5. The van der Waals surface area contributed by atoms with Crippen LogP contribution in [0.5, 0.6) is 0 Å². The summed E-state index contributed by atoms with van der Waals surface area (Å²) in [5, 5.41) is 0. The Bertz CT molecular complexity index is 630. The van der Waals surface area contributed by atoms with Gasteiger partial charge in [0.05, 0.1) is 20.1 Å². The van der Waals surface area contributed by atoms with Crippen molar-refractivity contribution in [3.05, 3.63) is 58.9 Å². The van der Waals surface area contributed by atoms with Gasteiger partial charge < -0.3 is 0 Å². The smallest absolute Gasteiger partial charge is 0.138 e. The Balaban J connectivity index is 1.83. The predicted molar refractivity (Wildman–Crippen MR) is 94.3 cm³/mol. The van der Waals surface area contributed by atoms with Crippen LogP contribution in [-0.2, 0) is 0 Å². The molecule has 1 fully saturated rings. The topological polar surface area (TPSA) is 12.9 Å². The van der Waals surface area contributed by atoms with E-state index in [1.807, 2.05) is 12.4 Å². The molecule has 22 heavy (non-hydrogen) atoms. The first-order valence-electron chi connectivity index (χ1n) is 8.32. The van der Waals surface area contributed by atoms with E-state index in [9.17, 15) is 0 Å². The van der Waals surface area contributed by atoms with E-state index >= 15 is 0 Å². The Morgan fingerprint density at radius 3 is 2.05 bits per heavy atom. The molecule has 2 nitrogen and oxygen atoms in total. The molecule has 3 rings (SSSR count). The maximum absolute atomic E-state index is 4.14. The fraction of sp³-hybridized carbons (Fsp3) is 0.450. The molecule has 1 aromatic carbocycles. The minimum atomic E-state index is 0.695. The minimum Gasteiger partial charge on any atom is -0.293 e. The van der Waals surface area contributed by atoms with Gasteiger partial charge in [-0.15, -0.1) is 0 Å². The number of quaternary nitrogens is 1. The van der Waals surface area contributed by atoms with Crippen molar-refractivity contribution in [2.75, 3.05) is 20.1 Å². The van der Waals surface area contributed by atoms with Crippen LogP contribution in [0.1, 0.15) is 41.0 Å². The maximum Gasteiger partial charge on any atom is 0.138 e. The zero-order chi connectivity index (χ0) is 15.7. The lowest BCUT2D eigenvalue weighted by atomic mass is 9.88. The number of nitrogens with zero attached hydrogens (tertiary/aromatic N) is 2. The van der Waals surface area contributed by atoms with Gasteiger partial charge in [-0.2, -0.15) is 0 Å². The van der Waals surface area contributed by atoms with Crippen LogP contribution in [0.4, 0.5) is 5.69 Å². The second-order valence-corrected chi connectivity index (χ2v) is 7.15. The Labute approximate surface area is 134 Å². The zero-order valence-electron chi connectivity index (χ0n) is 14.3. The van der Waals surface area contributed by atoms with E-state index in [1.54, 1.807) is 5.69 Å². The highest BCUT2D eigenvalue weighted by molar-refractivity contribution is 5.57. The molecule has 1 aliphatic heterocycles. The van der Waals surface area contributed by atoms with Crippen LogP contribution in [0.2, 0.25) is 0 Å².